The fraction of sp³-hybridized carbons (Fsp3) is 0.412. The molecule has 0 atom stereocenters. The van der Waals surface area contributed by atoms with E-state index in [9.17, 15) is 4.79 Å². The topological polar surface area (TPSA) is 71.0 Å². The number of nitrogens with zero attached hydrogens (tertiary/aromatic N) is 2. The number of nitrogens with one attached hydrogen (secondary N) is 3. The largest absolute Gasteiger partial charge is 0.330 e. The van der Waals surface area contributed by atoms with Crippen LogP contribution in [0.2, 0.25) is 5.02 Å². The van der Waals surface area contributed by atoms with Crippen LogP contribution in [0.1, 0.15) is 29.2 Å². The molecule has 2 fully saturated rings. The zero-order chi connectivity index (χ0) is 17.4. The van der Waals surface area contributed by atoms with Gasteiger partial charge in [0.05, 0.1) is 17.8 Å². The van der Waals surface area contributed by atoms with Crippen LogP contribution in [0.15, 0.2) is 30.6 Å². The van der Waals surface area contributed by atoms with Gasteiger partial charge in [-0.2, -0.15) is 5.10 Å². The van der Waals surface area contributed by atoms with Crippen molar-refractivity contribution in [3.63, 3.8) is 0 Å². The number of amides is 1. The van der Waals surface area contributed by atoms with Crippen molar-refractivity contribution >= 4 is 40.8 Å². The lowest BCUT2D eigenvalue weighted by molar-refractivity contribution is 0.00234. The van der Waals surface area contributed by atoms with Gasteiger partial charge in [0.1, 0.15) is 0 Å². The van der Waals surface area contributed by atoms with E-state index in [-0.39, 0.29) is 5.91 Å². The Kier molecular flexibility index (Phi) is 4.39. The van der Waals surface area contributed by atoms with Crippen LogP contribution in [0, 0.1) is 5.41 Å². The molecule has 2 aliphatic rings. The first-order valence-electron chi connectivity index (χ1n) is 8.23. The van der Waals surface area contributed by atoms with E-state index >= 15 is 0 Å². The molecule has 1 aromatic heterocycles. The lowest BCUT2D eigenvalue weighted by Crippen LogP contribution is -2.60. The van der Waals surface area contributed by atoms with Crippen molar-refractivity contribution in [3.05, 3.63) is 41.2 Å². The van der Waals surface area contributed by atoms with Crippen LogP contribution in [0.3, 0.4) is 0 Å². The molecule has 2 heterocycles. The monoisotopic (exact) mass is 377 g/mol. The summed E-state index contributed by atoms with van der Waals surface area (Å²) < 4.78 is 5.04. The van der Waals surface area contributed by atoms with Crippen LogP contribution in [0.4, 0.5) is 11.4 Å². The lowest BCUT2D eigenvalue weighted by atomic mass is 9.62. The summed E-state index contributed by atoms with van der Waals surface area (Å²) in [6.07, 6.45) is 7.68. The fourth-order valence-corrected chi connectivity index (χ4v) is 4.18. The Morgan fingerprint density at radius 3 is 2.80 bits per heavy atom. The van der Waals surface area contributed by atoms with E-state index in [1.54, 1.807) is 12.3 Å². The van der Waals surface area contributed by atoms with Gasteiger partial charge >= 0.3 is 0 Å². The number of carbonyl (C=O) groups excluding carboxylic acids is 1. The van der Waals surface area contributed by atoms with E-state index < -0.39 is 0 Å². The first kappa shape index (κ1) is 16.8. The molecule has 1 aromatic carbocycles. The molecule has 0 radical (unpaired) electrons. The van der Waals surface area contributed by atoms with Gasteiger partial charge in [-0.05, 0) is 36.5 Å². The summed E-state index contributed by atoms with van der Waals surface area (Å²) in [5, 5.41) is 11.2. The molecule has 4 rings (SSSR count). The van der Waals surface area contributed by atoms with Crippen molar-refractivity contribution in [1.29, 1.82) is 0 Å². The number of hydrogen-bond acceptors (Lipinski definition) is 5. The van der Waals surface area contributed by atoms with Gasteiger partial charge in [0.15, 0.2) is 0 Å². The molecule has 2 aromatic rings. The lowest BCUT2D eigenvalue weighted by Gasteiger charge is -2.54. The van der Waals surface area contributed by atoms with Gasteiger partial charge in [0.2, 0.25) is 0 Å². The second kappa shape index (κ2) is 6.55. The Balaban J connectivity index is 1.42. The maximum atomic E-state index is 12.5. The Morgan fingerprint density at radius 2 is 2.12 bits per heavy atom. The van der Waals surface area contributed by atoms with Crippen molar-refractivity contribution < 1.29 is 4.79 Å². The zero-order valence-electron chi connectivity index (χ0n) is 13.9. The quantitative estimate of drug-likeness (QED) is 0.696. The highest BCUT2D eigenvalue weighted by molar-refractivity contribution is 7.99. The van der Waals surface area contributed by atoms with E-state index in [2.05, 4.69) is 20.5 Å². The standard InChI is InChI=1S/C17H20ClN5OS/c1-25-22-14-3-12(18)2-13(4-14)21-16(24)11-7-20-23(8-11)15-5-17(6-15)9-19-10-17/h2-4,7-8,15,19,22H,5-6,9-10H2,1H3,(H,21,24). The Morgan fingerprint density at radius 1 is 1.36 bits per heavy atom. The maximum Gasteiger partial charge on any atom is 0.258 e. The molecule has 132 valence electrons. The first-order valence-corrected chi connectivity index (χ1v) is 9.83. The molecule has 1 saturated carbocycles. The van der Waals surface area contributed by atoms with E-state index in [1.807, 2.05) is 29.3 Å². The third kappa shape index (κ3) is 3.36. The number of carbonyl (C=O) groups is 1. The summed E-state index contributed by atoms with van der Waals surface area (Å²) in [5.41, 5.74) is 2.55. The summed E-state index contributed by atoms with van der Waals surface area (Å²) in [7, 11) is 0. The van der Waals surface area contributed by atoms with Gasteiger partial charge in [-0.1, -0.05) is 23.5 Å². The SMILES string of the molecule is CSNc1cc(Cl)cc(NC(=O)c2cnn(C3CC4(CNC4)C3)c2)c1. The molecule has 25 heavy (non-hydrogen) atoms. The molecule has 1 spiro atoms. The normalized spacial score (nSPS) is 18.5. The summed E-state index contributed by atoms with van der Waals surface area (Å²) in [5.74, 6) is -0.178. The summed E-state index contributed by atoms with van der Waals surface area (Å²) in [4.78, 5) is 12.5. The fourth-order valence-electron chi connectivity index (χ4n) is 3.59. The van der Waals surface area contributed by atoms with Gasteiger partial charge < -0.3 is 15.4 Å². The Bertz CT molecular complexity index is 796. The summed E-state index contributed by atoms with van der Waals surface area (Å²) in [6.45, 7) is 2.22. The molecule has 1 aliphatic heterocycles. The average Bonchev–Trinajstić information content (AvgIpc) is 2.93. The van der Waals surface area contributed by atoms with Crippen LogP contribution < -0.4 is 15.4 Å². The van der Waals surface area contributed by atoms with Crippen molar-refractivity contribution in [2.75, 3.05) is 29.4 Å². The predicted molar refractivity (Wildman–Crippen MR) is 102 cm³/mol. The van der Waals surface area contributed by atoms with Crippen LogP contribution in [0.25, 0.3) is 0 Å². The van der Waals surface area contributed by atoms with Gasteiger partial charge in [-0.3, -0.25) is 9.48 Å². The Labute approximate surface area is 155 Å². The number of halogens is 1. The molecule has 3 N–H and O–H groups in total. The molecule has 1 aliphatic carbocycles. The number of rotatable bonds is 5. The molecule has 0 bridgehead atoms. The van der Waals surface area contributed by atoms with Crippen LogP contribution in [-0.2, 0) is 0 Å². The second-order valence-electron chi connectivity index (χ2n) is 6.86. The minimum absolute atomic E-state index is 0.178. The van der Waals surface area contributed by atoms with Crippen molar-refractivity contribution in [1.82, 2.24) is 15.1 Å². The average molecular weight is 378 g/mol. The minimum atomic E-state index is -0.178. The maximum absolute atomic E-state index is 12.5. The number of hydrogen-bond donors (Lipinski definition) is 3. The van der Waals surface area contributed by atoms with E-state index in [0.717, 1.165) is 31.6 Å². The van der Waals surface area contributed by atoms with Gasteiger partial charge in [0, 0.05) is 41.9 Å². The van der Waals surface area contributed by atoms with Gasteiger partial charge in [0.25, 0.3) is 5.91 Å². The number of benzene rings is 1. The highest BCUT2D eigenvalue weighted by Crippen LogP contribution is 2.50. The molecule has 1 amide bonds. The van der Waals surface area contributed by atoms with Crippen LogP contribution >= 0.6 is 23.5 Å². The Hall–Kier alpha value is -1.70. The summed E-state index contributed by atoms with van der Waals surface area (Å²) >= 11 is 7.58. The van der Waals surface area contributed by atoms with Gasteiger partial charge in [-0.25, -0.2) is 0 Å². The minimum Gasteiger partial charge on any atom is -0.330 e. The van der Waals surface area contributed by atoms with Gasteiger partial charge in [-0.15, -0.1) is 0 Å². The zero-order valence-corrected chi connectivity index (χ0v) is 15.5. The van der Waals surface area contributed by atoms with Crippen molar-refractivity contribution in [2.24, 2.45) is 5.41 Å². The molecular formula is C17H20ClN5OS. The van der Waals surface area contributed by atoms with Crippen LogP contribution in [-0.4, -0.2) is 35.0 Å². The number of anilines is 2. The highest BCUT2D eigenvalue weighted by atomic mass is 35.5. The van der Waals surface area contributed by atoms with Crippen LogP contribution in [0.5, 0.6) is 0 Å². The van der Waals surface area contributed by atoms with Crippen molar-refractivity contribution in [2.45, 2.75) is 18.9 Å². The highest BCUT2D eigenvalue weighted by Gasteiger charge is 2.49. The third-order valence-corrected chi connectivity index (χ3v) is 5.61. The summed E-state index contributed by atoms with van der Waals surface area (Å²) in [6, 6.07) is 5.80. The predicted octanol–water partition coefficient (Wildman–Crippen LogP) is 3.40. The van der Waals surface area contributed by atoms with E-state index in [4.69, 9.17) is 11.6 Å². The molecule has 1 saturated heterocycles. The number of aromatic nitrogens is 2. The first-order chi connectivity index (χ1) is 12.1. The van der Waals surface area contributed by atoms with E-state index in [0.29, 0.717) is 27.7 Å². The van der Waals surface area contributed by atoms with Crippen molar-refractivity contribution in [3.8, 4) is 0 Å². The molecular weight excluding hydrogens is 358 g/mol. The molecule has 8 heteroatoms. The third-order valence-electron chi connectivity index (χ3n) is 4.95. The smallest absolute Gasteiger partial charge is 0.258 e. The second-order valence-corrected chi connectivity index (χ2v) is 7.91. The van der Waals surface area contributed by atoms with E-state index in [1.165, 1.54) is 11.9 Å². The molecule has 0 unspecified atom stereocenters. The molecule has 6 nitrogen and oxygen atoms in total.